The predicted octanol–water partition coefficient (Wildman–Crippen LogP) is 0.882. The van der Waals surface area contributed by atoms with Crippen molar-refractivity contribution in [3.05, 3.63) is 29.3 Å². The standard InChI is InChI=1S/C14H17NO4S/c16-14(15-5-8-20(17,18)9-6-15)12-3-4-13-11(10-12)2-1-7-19-13/h3-4,10H,1-2,5-9H2. The minimum absolute atomic E-state index is 0.0623. The zero-order chi connectivity index (χ0) is 14.2. The molecule has 5 nitrogen and oxygen atoms in total. The quantitative estimate of drug-likeness (QED) is 0.771. The molecule has 0 radical (unpaired) electrons. The van der Waals surface area contributed by atoms with Crippen LogP contribution in [0.5, 0.6) is 5.75 Å². The fraction of sp³-hybridized carbons (Fsp3) is 0.500. The molecular weight excluding hydrogens is 278 g/mol. The van der Waals surface area contributed by atoms with Gasteiger partial charge in [0.15, 0.2) is 9.84 Å². The number of nitrogens with zero attached hydrogens (tertiary/aromatic N) is 1. The number of sulfone groups is 1. The van der Waals surface area contributed by atoms with Crippen molar-refractivity contribution in [3.8, 4) is 5.75 Å². The summed E-state index contributed by atoms with van der Waals surface area (Å²) in [7, 11) is -2.96. The summed E-state index contributed by atoms with van der Waals surface area (Å²) in [4.78, 5) is 14.0. The molecule has 2 aliphatic rings. The van der Waals surface area contributed by atoms with E-state index in [1.165, 1.54) is 0 Å². The Morgan fingerprint density at radius 1 is 1.20 bits per heavy atom. The number of hydrogen-bond acceptors (Lipinski definition) is 4. The maximum absolute atomic E-state index is 12.4. The van der Waals surface area contributed by atoms with E-state index >= 15 is 0 Å². The number of ether oxygens (including phenoxy) is 1. The Balaban J connectivity index is 1.77. The fourth-order valence-corrected chi connectivity index (χ4v) is 3.79. The summed E-state index contributed by atoms with van der Waals surface area (Å²) in [6.45, 7) is 1.30. The maximum Gasteiger partial charge on any atom is 0.253 e. The lowest BCUT2D eigenvalue weighted by atomic mass is 10.0. The lowest BCUT2D eigenvalue weighted by Crippen LogP contribution is -2.43. The van der Waals surface area contributed by atoms with E-state index in [2.05, 4.69) is 0 Å². The van der Waals surface area contributed by atoms with Crippen molar-refractivity contribution < 1.29 is 17.9 Å². The molecule has 0 aromatic heterocycles. The second kappa shape index (κ2) is 5.09. The first kappa shape index (κ1) is 13.4. The predicted molar refractivity (Wildman–Crippen MR) is 74.8 cm³/mol. The molecule has 20 heavy (non-hydrogen) atoms. The van der Waals surface area contributed by atoms with E-state index in [4.69, 9.17) is 4.74 Å². The van der Waals surface area contributed by atoms with Crippen LogP contribution in [0.1, 0.15) is 22.3 Å². The number of fused-ring (bicyclic) bond motifs is 1. The number of benzene rings is 1. The largest absolute Gasteiger partial charge is 0.493 e. The Kier molecular flexibility index (Phi) is 3.41. The molecule has 0 atom stereocenters. The first-order valence-corrected chi connectivity index (χ1v) is 8.63. The van der Waals surface area contributed by atoms with E-state index in [0.717, 1.165) is 30.8 Å². The summed E-state index contributed by atoms with van der Waals surface area (Å²) in [6, 6.07) is 5.47. The number of aryl methyl sites for hydroxylation is 1. The molecule has 0 aliphatic carbocycles. The molecule has 0 N–H and O–H groups in total. The lowest BCUT2D eigenvalue weighted by Gasteiger charge is -2.27. The second-order valence-electron chi connectivity index (χ2n) is 5.22. The third-order valence-corrected chi connectivity index (χ3v) is 5.40. The molecule has 2 heterocycles. The van der Waals surface area contributed by atoms with Gasteiger partial charge in [-0.1, -0.05) is 0 Å². The van der Waals surface area contributed by atoms with Crippen molar-refractivity contribution in [1.29, 1.82) is 0 Å². The molecule has 3 rings (SSSR count). The van der Waals surface area contributed by atoms with Crippen LogP contribution < -0.4 is 4.74 Å². The van der Waals surface area contributed by atoms with Crippen molar-refractivity contribution in [2.24, 2.45) is 0 Å². The third kappa shape index (κ3) is 2.65. The molecule has 6 heteroatoms. The van der Waals surface area contributed by atoms with Crippen LogP contribution in [0.25, 0.3) is 0 Å². The van der Waals surface area contributed by atoms with Gasteiger partial charge < -0.3 is 9.64 Å². The molecule has 1 saturated heterocycles. The van der Waals surface area contributed by atoms with Gasteiger partial charge in [-0.25, -0.2) is 8.42 Å². The van der Waals surface area contributed by atoms with Gasteiger partial charge in [-0.05, 0) is 36.6 Å². The van der Waals surface area contributed by atoms with Gasteiger partial charge in [0.1, 0.15) is 5.75 Å². The van der Waals surface area contributed by atoms with Gasteiger partial charge in [0, 0.05) is 18.7 Å². The molecular formula is C14H17NO4S. The number of amides is 1. The molecule has 1 aromatic carbocycles. The Bertz CT molecular complexity index is 625. The fourth-order valence-electron chi connectivity index (χ4n) is 2.59. The number of rotatable bonds is 1. The summed E-state index contributed by atoms with van der Waals surface area (Å²) in [6.07, 6.45) is 1.89. The molecule has 108 valence electrons. The van der Waals surface area contributed by atoms with Crippen molar-refractivity contribution in [2.75, 3.05) is 31.2 Å². The van der Waals surface area contributed by atoms with Crippen LogP contribution >= 0.6 is 0 Å². The highest BCUT2D eigenvalue weighted by Gasteiger charge is 2.26. The summed E-state index contributed by atoms with van der Waals surface area (Å²) >= 11 is 0. The molecule has 0 unspecified atom stereocenters. The maximum atomic E-state index is 12.4. The van der Waals surface area contributed by atoms with Crippen LogP contribution in [0.15, 0.2) is 18.2 Å². The number of carbonyl (C=O) groups is 1. The molecule has 0 bridgehead atoms. The second-order valence-corrected chi connectivity index (χ2v) is 7.52. The minimum Gasteiger partial charge on any atom is -0.493 e. The lowest BCUT2D eigenvalue weighted by molar-refractivity contribution is 0.0770. The van der Waals surface area contributed by atoms with Gasteiger partial charge in [0.2, 0.25) is 0 Å². The first-order valence-electron chi connectivity index (χ1n) is 6.81. The zero-order valence-corrected chi connectivity index (χ0v) is 12.0. The van der Waals surface area contributed by atoms with Crippen LogP contribution in [0.4, 0.5) is 0 Å². The van der Waals surface area contributed by atoms with Gasteiger partial charge in [-0.2, -0.15) is 0 Å². The SMILES string of the molecule is O=C(c1ccc2c(c1)CCCO2)N1CCS(=O)(=O)CC1. The van der Waals surface area contributed by atoms with E-state index in [9.17, 15) is 13.2 Å². The summed E-state index contributed by atoms with van der Waals surface area (Å²) in [5, 5.41) is 0. The van der Waals surface area contributed by atoms with Crippen LogP contribution in [0.2, 0.25) is 0 Å². The average molecular weight is 295 g/mol. The highest BCUT2D eigenvalue weighted by atomic mass is 32.2. The Labute approximate surface area is 118 Å². The molecule has 1 amide bonds. The molecule has 1 fully saturated rings. The van der Waals surface area contributed by atoms with Gasteiger partial charge in [-0.15, -0.1) is 0 Å². The van der Waals surface area contributed by atoms with E-state index in [1.807, 2.05) is 12.1 Å². The highest BCUT2D eigenvalue weighted by Crippen LogP contribution is 2.26. The smallest absolute Gasteiger partial charge is 0.253 e. The van der Waals surface area contributed by atoms with Crippen molar-refractivity contribution in [3.63, 3.8) is 0 Å². The zero-order valence-electron chi connectivity index (χ0n) is 11.2. The monoisotopic (exact) mass is 295 g/mol. The van der Waals surface area contributed by atoms with Crippen molar-refractivity contribution >= 4 is 15.7 Å². The van der Waals surface area contributed by atoms with Crippen LogP contribution in [0, 0.1) is 0 Å². The topological polar surface area (TPSA) is 63.7 Å². The van der Waals surface area contributed by atoms with Crippen LogP contribution in [-0.4, -0.2) is 50.4 Å². The average Bonchev–Trinajstić information content (AvgIpc) is 2.46. The van der Waals surface area contributed by atoms with Gasteiger partial charge in [-0.3, -0.25) is 4.79 Å². The van der Waals surface area contributed by atoms with E-state index < -0.39 is 9.84 Å². The highest BCUT2D eigenvalue weighted by molar-refractivity contribution is 7.91. The Hall–Kier alpha value is -1.56. The van der Waals surface area contributed by atoms with Crippen molar-refractivity contribution in [1.82, 2.24) is 4.90 Å². The van der Waals surface area contributed by atoms with E-state index in [0.29, 0.717) is 5.56 Å². The van der Waals surface area contributed by atoms with Gasteiger partial charge in [0.25, 0.3) is 5.91 Å². The summed E-state index contributed by atoms with van der Waals surface area (Å²) < 4.78 is 28.3. The Morgan fingerprint density at radius 2 is 1.95 bits per heavy atom. The van der Waals surface area contributed by atoms with Gasteiger partial charge >= 0.3 is 0 Å². The molecule has 0 spiro atoms. The summed E-state index contributed by atoms with van der Waals surface area (Å²) in [5.74, 6) is 0.891. The minimum atomic E-state index is -2.96. The Morgan fingerprint density at radius 3 is 2.70 bits per heavy atom. The first-order chi connectivity index (χ1) is 9.55. The third-order valence-electron chi connectivity index (χ3n) is 3.79. The summed E-state index contributed by atoms with van der Waals surface area (Å²) in [5.41, 5.74) is 1.68. The molecule has 1 aromatic rings. The molecule has 2 aliphatic heterocycles. The number of hydrogen-bond donors (Lipinski definition) is 0. The van der Waals surface area contributed by atoms with E-state index in [1.54, 1.807) is 11.0 Å². The number of carbonyl (C=O) groups excluding carboxylic acids is 1. The van der Waals surface area contributed by atoms with E-state index in [-0.39, 0.29) is 30.5 Å². The van der Waals surface area contributed by atoms with Crippen LogP contribution in [0.3, 0.4) is 0 Å². The van der Waals surface area contributed by atoms with Crippen molar-refractivity contribution in [2.45, 2.75) is 12.8 Å². The van der Waals surface area contributed by atoms with Crippen LogP contribution in [-0.2, 0) is 16.3 Å². The normalized spacial score (nSPS) is 20.9. The van der Waals surface area contributed by atoms with Gasteiger partial charge in [0.05, 0.1) is 18.1 Å². The molecule has 0 saturated carbocycles.